The van der Waals surface area contributed by atoms with Gasteiger partial charge in [-0.25, -0.2) is 27.6 Å². The molecule has 17 nitrogen and oxygen atoms in total. The maximum absolute atomic E-state index is 16.3. The number of benzene rings is 2. The number of imidazole rings is 2. The largest absolute Gasteiger partial charge is 0.363 e. The third-order valence-corrected chi connectivity index (χ3v) is 15.4. The second-order valence-electron chi connectivity index (χ2n) is 17.3. The van der Waals surface area contributed by atoms with Crippen molar-refractivity contribution >= 4 is 61.2 Å². The molecule has 2 aromatic carbocycles. The minimum Gasteiger partial charge on any atom is -0.363 e. The van der Waals surface area contributed by atoms with E-state index in [4.69, 9.17) is 9.97 Å². The molecule has 3 fully saturated rings. The molecule has 10 rings (SSSR count). The fourth-order valence-corrected chi connectivity index (χ4v) is 11.6. The molecule has 1 unspecified atom stereocenters. The number of aromatic nitrogens is 7. The van der Waals surface area contributed by atoms with E-state index in [9.17, 15) is 27.6 Å². The van der Waals surface area contributed by atoms with Crippen LogP contribution in [0.2, 0.25) is 0 Å². The lowest BCUT2D eigenvalue weighted by Crippen LogP contribution is -2.44. The van der Waals surface area contributed by atoms with Crippen LogP contribution < -0.4 is 26.8 Å². The Kier molecular flexibility index (Phi) is 10.3. The van der Waals surface area contributed by atoms with Crippen LogP contribution in [0, 0.1) is 18.7 Å². The number of halogens is 1. The highest BCUT2D eigenvalue weighted by atomic mass is 32.2. The Labute approximate surface area is 361 Å². The van der Waals surface area contributed by atoms with Crippen molar-refractivity contribution < 1.29 is 22.4 Å². The number of hydrogen-bond donors (Lipinski definition) is 2. The summed E-state index contributed by atoms with van der Waals surface area (Å²) in [4.78, 5) is 66.6. The molecule has 63 heavy (non-hydrogen) atoms. The summed E-state index contributed by atoms with van der Waals surface area (Å²) in [5.74, 6) is -0.961. The van der Waals surface area contributed by atoms with Gasteiger partial charge >= 0.3 is 5.69 Å². The van der Waals surface area contributed by atoms with Crippen LogP contribution in [0.1, 0.15) is 80.4 Å². The summed E-state index contributed by atoms with van der Waals surface area (Å²) in [5.41, 5.74) is 4.00. The average molecular weight is 878 g/mol. The molecule has 328 valence electrons. The average Bonchev–Trinajstić information content (AvgIpc) is 4.01. The first-order valence-corrected chi connectivity index (χ1v) is 23.1. The Balaban J connectivity index is 0.780. The van der Waals surface area contributed by atoms with Crippen molar-refractivity contribution in [2.75, 3.05) is 29.9 Å². The van der Waals surface area contributed by atoms with Gasteiger partial charge in [0.2, 0.25) is 27.8 Å². The van der Waals surface area contributed by atoms with Crippen LogP contribution in [-0.2, 0) is 46.2 Å². The normalized spacial score (nSPS) is 19.3. The number of sulfonamides is 1. The number of nitrogens with one attached hydrogen (secondary N) is 2. The second kappa shape index (κ2) is 15.9. The number of fused-ring (bicyclic) bond motifs is 3. The number of carbonyl (C=O) groups excluding carboxylic acids is 2. The number of amides is 2. The Morgan fingerprint density at radius 2 is 1.70 bits per heavy atom. The maximum Gasteiger partial charge on any atom is 0.329 e. The number of piperidine rings is 2. The van der Waals surface area contributed by atoms with Crippen molar-refractivity contribution in [1.29, 1.82) is 0 Å². The molecule has 19 heteroatoms. The Morgan fingerprint density at radius 1 is 0.905 bits per heavy atom. The maximum atomic E-state index is 16.3. The molecule has 4 aliphatic rings. The number of imide groups is 1. The number of pyridine rings is 1. The highest BCUT2D eigenvalue weighted by Gasteiger charge is 2.34. The summed E-state index contributed by atoms with van der Waals surface area (Å²) in [6, 6.07) is 10.8. The van der Waals surface area contributed by atoms with Gasteiger partial charge in [0, 0.05) is 81.1 Å². The van der Waals surface area contributed by atoms with E-state index < -0.39 is 39.4 Å². The standard InChI is InChI=1S/C44H48FN11O6S/c1-26-21-30(8-9-31(26)48-43-46-22-28-7-14-38(58)55(41(28)50-43)29-5-3-4-6-29)63(61,62)54-19-15-27(16-20-54)23-53-25-47-32-24-52(18-17-33(32)53)34-10-11-35-40(39(34)45)51(2)44(60)56(35)36-12-13-37(57)49-42(36)59/h7-11,14,21-22,25,27,29,36H,3-6,12-13,15-20,23-24H2,1-2H3,(H,46,48,50)(H,49,57,59). The quantitative estimate of drug-likeness (QED) is 0.193. The first-order chi connectivity index (χ1) is 30.3. The second-order valence-corrected chi connectivity index (χ2v) is 19.2. The van der Waals surface area contributed by atoms with Crippen LogP contribution >= 0.6 is 0 Å². The van der Waals surface area contributed by atoms with E-state index in [-0.39, 0.29) is 40.8 Å². The number of rotatable bonds is 9. The van der Waals surface area contributed by atoms with Crippen molar-refractivity contribution in [3.63, 3.8) is 0 Å². The van der Waals surface area contributed by atoms with E-state index in [1.54, 1.807) is 57.5 Å². The third-order valence-electron chi connectivity index (χ3n) is 13.5. The van der Waals surface area contributed by atoms with E-state index in [0.29, 0.717) is 80.5 Å². The highest BCUT2D eigenvalue weighted by molar-refractivity contribution is 7.89. The fourth-order valence-electron chi connectivity index (χ4n) is 10.1. The SMILES string of the molecule is Cc1cc(S(=O)(=O)N2CCC(Cn3cnc4c3CCN(c3ccc5c(c3F)n(C)c(=O)n5C3CCC(=O)NC3=O)C4)CC2)ccc1Nc1ncc2ccc(=O)n(C3CCCC3)c2n1. The number of hydrogen-bond acceptors (Lipinski definition) is 11. The fraction of sp³-hybridized carbons (Fsp3) is 0.432. The van der Waals surface area contributed by atoms with Crippen molar-refractivity contribution in [2.45, 2.75) is 94.8 Å². The van der Waals surface area contributed by atoms with Crippen molar-refractivity contribution in [3.05, 3.63) is 98.6 Å². The Morgan fingerprint density at radius 3 is 2.46 bits per heavy atom. The van der Waals surface area contributed by atoms with Crippen molar-refractivity contribution in [1.82, 2.24) is 42.8 Å². The summed E-state index contributed by atoms with van der Waals surface area (Å²) in [6.07, 6.45) is 9.81. The van der Waals surface area contributed by atoms with Crippen LogP contribution in [-0.4, -0.2) is 77.4 Å². The van der Waals surface area contributed by atoms with Gasteiger partial charge in [-0.05, 0) is 86.9 Å². The number of carbonyl (C=O) groups is 2. The molecular formula is C44H48FN11O6S. The molecule has 2 saturated heterocycles. The van der Waals surface area contributed by atoms with Crippen molar-refractivity contribution in [3.8, 4) is 0 Å². The highest BCUT2D eigenvalue weighted by Crippen LogP contribution is 2.35. The molecule has 0 spiro atoms. The van der Waals surface area contributed by atoms with Gasteiger partial charge in [-0.3, -0.25) is 33.4 Å². The monoisotopic (exact) mass is 877 g/mol. The molecular weight excluding hydrogens is 830 g/mol. The lowest BCUT2D eigenvalue weighted by molar-refractivity contribution is -0.135. The van der Waals surface area contributed by atoms with Gasteiger partial charge in [-0.2, -0.15) is 9.29 Å². The van der Waals surface area contributed by atoms with Crippen LogP contribution in [0.4, 0.5) is 21.7 Å². The van der Waals surface area contributed by atoms with Crippen LogP contribution in [0.15, 0.2) is 69.5 Å². The third kappa shape index (κ3) is 7.19. The first-order valence-electron chi connectivity index (χ1n) is 21.6. The van der Waals surface area contributed by atoms with E-state index in [2.05, 4.69) is 20.2 Å². The molecule has 0 radical (unpaired) electrons. The molecule has 1 aliphatic carbocycles. The topological polar surface area (TPSA) is 191 Å². The lowest BCUT2D eigenvalue weighted by Gasteiger charge is -2.33. The van der Waals surface area contributed by atoms with Gasteiger partial charge in [0.1, 0.15) is 17.2 Å². The zero-order valence-corrected chi connectivity index (χ0v) is 35.9. The van der Waals surface area contributed by atoms with Gasteiger partial charge < -0.3 is 14.8 Å². The molecule has 6 aromatic rings. The zero-order valence-electron chi connectivity index (χ0n) is 35.1. The summed E-state index contributed by atoms with van der Waals surface area (Å²) in [6.45, 7) is 4.20. The molecule has 0 bridgehead atoms. The Hall–Kier alpha value is -6.21. The molecule has 1 saturated carbocycles. The molecule has 7 heterocycles. The molecule has 3 aliphatic heterocycles. The van der Waals surface area contributed by atoms with E-state index in [1.807, 2.05) is 18.2 Å². The van der Waals surface area contributed by atoms with Crippen LogP contribution in [0.25, 0.3) is 22.1 Å². The van der Waals surface area contributed by atoms with Gasteiger partial charge in [-0.15, -0.1) is 0 Å². The van der Waals surface area contributed by atoms with Gasteiger partial charge in [0.15, 0.2) is 5.82 Å². The smallest absolute Gasteiger partial charge is 0.329 e. The van der Waals surface area contributed by atoms with Crippen LogP contribution in [0.5, 0.6) is 0 Å². The number of anilines is 3. The predicted molar refractivity (Wildman–Crippen MR) is 233 cm³/mol. The van der Waals surface area contributed by atoms with Crippen molar-refractivity contribution in [2.24, 2.45) is 13.0 Å². The lowest BCUT2D eigenvalue weighted by atomic mass is 9.98. The van der Waals surface area contributed by atoms with Gasteiger partial charge in [0.05, 0.1) is 34.7 Å². The van der Waals surface area contributed by atoms with E-state index >= 15 is 4.39 Å². The molecule has 4 aromatic heterocycles. The summed E-state index contributed by atoms with van der Waals surface area (Å²) in [7, 11) is -2.28. The minimum atomic E-state index is -3.76. The van der Waals surface area contributed by atoms with E-state index in [1.165, 1.54) is 16.2 Å². The molecule has 2 amide bonds. The first kappa shape index (κ1) is 40.8. The van der Waals surface area contributed by atoms with E-state index in [0.717, 1.165) is 48.0 Å². The number of nitrogens with zero attached hydrogens (tertiary/aromatic N) is 9. The summed E-state index contributed by atoms with van der Waals surface area (Å²) >= 11 is 0. The minimum absolute atomic E-state index is 0.0763. The predicted octanol–water partition coefficient (Wildman–Crippen LogP) is 4.59. The summed E-state index contributed by atoms with van der Waals surface area (Å²) < 4.78 is 52.1. The molecule has 2 N–H and O–H groups in total. The molecule has 1 atom stereocenters. The zero-order chi connectivity index (χ0) is 43.7. The van der Waals surface area contributed by atoms with Crippen LogP contribution in [0.3, 0.4) is 0 Å². The van der Waals surface area contributed by atoms with Gasteiger partial charge in [0.25, 0.3) is 5.56 Å². The number of aryl methyl sites for hydroxylation is 2. The Bertz CT molecular complexity index is 3070. The summed E-state index contributed by atoms with van der Waals surface area (Å²) in [5, 5.41) is 6.31. The van der Waals surface area contributed by atoms with Gasteiger partial charge in [-0.1, -0.05) is 12.8 Å².